The monoisotopic (exact) mass is 1150 g/mol. The van der Waals surface area contributed by atoms with Crippen LogP contribution in [0.25, 0.3) is 0 Å². The molecule has 0 bridgehead atoms. The Morgan fingerprint density at radius 2 is 1.15 bits per heavy atom. The van der Waals surface area contributed by atoms with Gasteiger partial charge in [0.05, 0.1) is 74.7 Å². The Balaban J connectivity index is 0.803. The number of fused-ring (bicyclic) bond motifs is 1. The predicted molar refractivity (Wildman–Crippen MR) is 289 cm³/mol. The van der Waals surface area contributed by atoms with Gasteiger partial charge in [0.1, 0.15) is 6.54 Å². The minimum Gasteiger partial charge on any atom is -0.378 e. The van der Waals surface area contributed by atoms with E-state index < -0.39 is 20.0 Å². The molecule has 4 aromatic rings. The lowest BCUT2D eigenvalue weighted by Crippen LogP contribution is -2.77. The highest BCUT2D eigenvalue weighted by molar-refractivity contribution is 7.89. The highest BCUT2D eigenvalue weighted by Crippen LogP contribution is 2.39. The molecule has 18 nitrogen and oxygen atoms in total. The van der Waals surface area contributed by atoms with E-state index >= 15 is 0 Å². The molecule has 0 fully saturated rings. The number of halogens is 4. The van der Waals surface area contributed by atoms with Gasteiger partial charge < -0.3 is 50.4 Å². The van der Waals surface area contributed by atoms with Crippen molar-refractivity contribution in [3.63, 3.8) is 0 Å². The van der Waals surface area contributed by atoms with E-state index in [4.69, 9.17) is 65.4 Å². The molecular formula is C50H69Cl4N8O10S2+. The topological polar surface area (TPSA) is 231 Å². The summed E-state index contributed by atoms with van der Waals surface area (Å²) in [6, 6.07) is 20.2. The number of nitrogens with one attached hydrogen (secondary N) is 6. The van der Waals surface area contributed by atoms with Crippen molar-refractivity contribution >= 4 is 78.5 Å². The maximum absolute atomic E-state index is 13.1. The Labute approximate surface area is 455 Å². The first-order chi connectivity index (χ1) is 35.5. The van der Waals surface area contributed by atoms with Crippen LogP contribution in [0.15, 0.2) is 82.6 Å². The van der Waals surface area contributed by atoms with Gasteiger partial charge >= 0.3 is 12.1 Å². The fraction of sp³-hybridized carbons (Fsp3) is 0.480. The highest BCUT2D eigenvalue weighted by atomic mass is 35.5. The van der Waals surface area contributed by atoms with Gasteiger partial charge in [-0.15, -0.1) is 0 Å². The van der Waals surface area contributed by atoms with Gasteiger partial charge in [-0.05, 0) is 96.2 Å². The molecule has 4 aromatic carbocycles. The average molecular weight is 1150 g/mol. The first kappa shape index (κ1) is 61.0. The number of rotatable bonds is 32. The fourth-order valence-electron chi connectivity index (χ4n) is 8.15. The van der Waals surface area contributed by atoms with E-state index in [1.807, 2.05) is 50.6 Å². The smallest absolute Gasteiger partial charge is 0.314 e. The molecule has 0 radical (unpaired) electrons. The number of quaternary nitrogens is 1. The number of nitrogens with two attached hydrogens (primary N) is 1. The normalized spacial score (nSPS) is 14.3. The number of sulfonamides is 2. The van der Waals surface area contributed by atoms with Crippen molar-refractivity contribution in [1.82, 2.24) is 35.6 Å². The van der Waals surface area contributed by atoms with Crippen LogP contribution in [0.1, 0.15) is 65.0 Å². The average Bonchev–Trinajstić information content (AvgIpc) is 3.36. The van der Waals surface area contributed by atoms with E-state index in [9.17, 15) is 26.4 Å². The Morgan fingerprint density at radius 1 is 0.649 bits per heavy atom. The van der Waals surface area contributed by atoms with Crippen LogP contribution in [0, 0.1) is 0 Å². The molecule has 1 aliphatic heterocycles. The quantitative estimate of drug-likeness (QED) is 0.0305. The number of benzene rings is 4. The van der Waals surface area contributed by atoms with Crippen LogP contribution in [-0.4, -0.2) is 147 Å². The molecule has 1 heterocycles. The summed E-state index contributed by atoms with van der Waals surface area (Å²) in [7, 11) is -3.64. The van der Waals surface area contributed by atoms with Crippen LogP contribution in [0.4, 0.5) is 9.59 Å². The maximum atomic E-state index is 13.1. The molecule has 8 N–H and O–H groups in total. The zero-order valence-electron chi connectivity index (χ0n) is 42.0. The number of likely N-dealkylation sites (N-methyl/N-ethyl adjacent to an activating group) is 1. The van der Waals surface area contributed by atoms with Crippen LogP contribution < -0.4 is 36.0 Å². The predicted octanol–water partition coefficient (Wildman–Crippen LogP) is 5.42. The van der Waals surface area contributed by atoms with E-state index in [2.05, 4.69) is 35.6 Å². The summed E-state index contributed by atoms with van der Waals surface area (Å²) < 4.78 is 79.6. The number of unbranched alkanes of at least 4 members (excludes halogenated alkanes) is 1. The van der Waals surface area contributed by atoms with E-state index in [0.717, 1.165) is 33.4 Å². The Bertz CT molecular complexity index is 2680. The number of carbonyl (C=O) groups is 2. The second kappa shape index (κ2) is 31.4. The van der Waals surface area contributed by atoms with E-state index in [1.54, 1.807) is 48.5 Å². The Hall–Kier alpha value is -3.84. The number of hydrogen-bond acceptors (Lipinski definition) is 11. The van der Waals surface area contributed by atoms with Crippen LogP contribution >= 0.6 is 46.4 Å². The summed E-state index contributed by atoms with van der Waals surface area (Å²) in [6.07, 6.45) is 1.30. The van der Waals surface area contributed by atoms with Crippen molar-refractivity contribution in [1.29, 1.82) is 0 Å². The number of hydrogen-bond donors (Lipinski definition) is 7. The summed E-state index contributed by atoms with van der Waals surface area (Å²) in [5, 5.41) is 15.2. The number of amides is 4. The van der Waals surface area contributed by atoms with Crippen molar-refractivity contribution in [3.05, 3.63) is 126 Å². The molecule has 74 heavy (non-hydrogen) atoms. The second-order valence-corrected chi connectivity index (χ2v) is 22.7. The molecule has 0 spiro atoms. The van der Waals surface area contributed by atoms with E-state index in [-0.39, 0.29) is 113 Å². The van der Waals surface area contributed by atoms with Crippen molar-refractivity contribution < 1.29 is 50.7 Å². The molecule has 1 aliphatic rings. The molecule has 408 valence electrons. The second-order valence-electron chi connectivity index (χ2n) is 17.5. The summed E-state index contributed by atoms with van der Waals surface area (Å²) in [5.41, 5.74) is 5.54. The molecule has 2 unspecified atom stereocenters. The molecule has 0 aromatic heterocycles. The Morgan fingerprint density at radius 3 is 1.72 bits per heavy atom. The van der Waals surface area contributed by atoms with Gasteiger partial charge in [0, 0.05) is 84.8 Å². The standard InChI is InChI=1S/C50H68Cl4N8O10S2/c1-35(42-28-38(51)30-47(53)44(42)32-55-2)36-8-6-10-40(26-36)73(65,66)60-16-20-71-24-22-69-18-14-58-49(63)56-12-4-5-13-57-50(64)59-15-19-70-23-25-72-21-17-61-74(67,68)41-11-7-9-37(27-41)45-33-62(3)34-46-43(45)29-39(52)31-48(46)54/h6-11,26-31,35,45,55,60-61H,4-5,12-25,32-34H2,1-3H3,(H2,56,58,63)(H2,57,59,64)/p+1. The van der Waals surface area contributed by atoms with Crippen molar-refractivity contribution in [2.24, 2.45) is 0 Å². The van der Waals surface area contributed by atoms with Crippen LogP contribution in [0.2, 0.25) is 20.1 Å². The zero-order valence-corrected chi connectivity index (χ0v) is 46.6. The third kappa shape index (κ3) is 19.9. The lowest BCUT2D eigenvalue weighted by Gasteiger charge is -2.33. The van der Waals surface area contributed by atoms with Crippen molar-refractivity contribution in [2.45, 2.75) is 54.5 Å². The SMILES string of the molecule is C[NH2+]Cc1c(Cl)cc(Cl)cc1C(C)c1cccc(S(=O)(=O)NCCOCCOCCNC(=O)NCCCCNC(=O)NCCOCCOCCNS(=O)(=O)c2cccc(C3CN(C)Cc4c(Cl)cc(Cl)cc43)c2)c1. The van der Waals surface area contributed by atoms with Gasteiger partial charge in [-0.1, -0.05) is 77.6 Å². The van der Waals surface area contributed by atoms with Gasteiger partial charge in [-0.25, -0.2) is 35.9 Å². The summed E-state index contributed by atoms with van der Waals surface area (Å²) in [6.45, 7) is 7.45. The molecule has 5 rings (SSSR count). The first-order valence-electron chi connectivity index (χ1n) is 24.4. The van der Waals surface area contributed by atoms with E-state index in [1.165, 1.54) is 0 Å². The van der Waals surface area contributed by atoms with Gasteiger partial charge in [-0.2, -0.15) is 0 Å². The third-order valence-electron chi connectivity index (χ3n) is 11.9. The third-order valence-corrected chi connectivity index (χ3v) is 15.9. The molecule has 24 heteroatoms. The maximum Gasteiger partial charge on any atom is 0.314 e. The van der Waals surface area contributed by atoms with Gasteiger partial charge in [0.25, 0.3) is 0 Å². The molecule has 0 saturated heterocycles. The summed E-state index contributed by atoms with van der Waals surface area (Å²) in [4.78, 5) is 26.6. The number of ether oxygens (including phenoxy) is 4. The van der Waals surface area contributed by atoms with Gasteiger partial charge in [-0.3, -0.25) is 0 Å². The minimum atomic E-state index is -3.79. The minimum absolute atomic E-state index is 0.0743. The van der Waals surface area contributed by atoms with Crippen molar-refractivity contribution in [2.75, 3.05) is 113 Å². The number of urea groups is 2. The summed E-state index contributed by atoms with van der Waals surface area (Å²) >= 11 is 25.7. The first-order valence-corrected chi connectivity index (χ1v) is 28.9. The molecular weight excluding hydrogens is 1080 g/mol. The molecule has 0 aliphatic carbocycles. The zero-order chi connectivity index (χ0) is 53.5. The van der Waals surface area contributed by atoms with Crippen molar-refractivity contribution in [3.8, 4) is 0 Å². The molecule has 4 amide bonds. The van der Waals surface area contributed by atoms with Crippen LogP contribution in [-0.2, 0) is 52.1 Å². The number of nitrogens with zero attached hydrogens (tertiary/aromatic N) is 1. The van der Waals surface area contributed by atoms with Crippen LogP contribution in [0.5, 0.6) is 0 Å². The molecule has 2 atom stereocenters. The molecule has 0 saturated carbocycles. The summed E-state index contributed by atoms with van der Waals surface area (Å²) in [5.74, 6) is -0.245. The highest BCUT2D eigenvalue weighted by Gasteiger charge is 2.28. The largest absolute Gasteiger partial charge is 0.378 e. The van der Waals surface area contributed by atoms with E-state index in [0.29, 0.717) is 65.7 Å². The lowest BCUT2D eigenvalue weighted by molar-refractivity contribution is -0.643. The van der Waals surface area contributed by atoms with Gasteiger partial charge in [0.2, 0.25) is 20.0 Å². The Kier molecular flexibility index (Phi) is 25.9. The fourth-order valence-corrected chi connectivity index (χ4v) is 11.4. The lowest BCUT2D eigenvalue weighted by atomic mass is 9.85. The van der Waals surface area contributed by atoms with Gasteiger partial charge in [0.15, 0.2) is 0 Å². The van der Waals surface area contributed by atoms with Crippen LogP contribution in [0.3, 0.4) is 0 Å². The number of carbonyl (C=O) groups excluding carboxylic acids is 2.